The van der Waals surface area contributed by atoms with Crippen molar-refractivity contribution in [2.45, 2.75) is 25.6 Å². The van der Waals surface area contributed by atoms with Crippen LogP contribution in [0, 0.1) is 10.1 Å². The Bertz CT molecular complexity index is 417. The molecule has 0 amide bonds. The molecule has 94 valence electrons. The summed E-state index contributed by atoms with van der Waals surface area (Å²) in [7, 11) is 0. The number of nitrogens with zero attached hydrogens (tertiary/aromatic N) is 1. The quantitative estimate of drug-likeness (QED) is 0.647. The number of alkyl halides is 3. The van der Waals surface area contributed by atoms with E-state index in [1.54, 1.807) is 0 Å². The number of benzene rings is 1. The van der Waals surface area contributed by atoms with Crippen LogP contribution in [0.3, 0.4) is 0 Å². The van der Waals surface area contributed by atoms with Gasteiger partial charge in [-0.05, 0) is 25.5 Å². The molecule has 4 nitrogen and oxygen atoms in total. The highest BCUT2D eigenvalue weighted by Gasteiger charge is 2.34. The molecule has 0 fully saturated rings. The third kappa shape index (κ3) is 3.16. The molecule has 7 heteroatoms. The van der Waals surface area contributed by atoms with Crippen molar-refractivity contribution in [1.29, 1.82) is 0 Å². The van der Waals surface area contributed by atoms with E-state index in [9.17, 15) is 28.4 Å². The molecule has 0 spiro atoms. The van der Waals surface area contributed by atoms with E-state index in [1.807, 2.05) is 0 Å². The Kier molecular flexibility index (Phi) is 3.15. The molecule has 1 rings (SSSR count). The largest absolute Gasteiger partial charge is 0.416 e. The maximum Gasteiger partial charge on any atom is 0.416 e. The summed E-state index contributed by atoms with van der Waals surface area (Å²) in [6.07, 6.45) is -4.69. The van der Waals surface area contributed by atoms with Crippen molar-refractivity contribution < 1.29 is 23.2 Å². The monoisotopic (exact) mass is 249 g/mol. The number of nitro benzene ring substituents is 1. The minimum Gasteiger partial charge on any atom is -0.386 e. The second-order valence-electron chi connectivity index (χ2n) is 4.08. The summed E-state index contributed by atoms with van der Waals surface area (Å²) in [5.41, 5.74) is -3.58. The molecule has 0 heterocycles. The summed E-state index contributed by atoms with van der Waals surface area (Å²) in [4.78, 5) is 9.59. The van der Waals surface area contributed by atoms with Crippen LogP contribution in [0.1, 0.15) is 25.0 Å². The fraction of sp³-hybridized carbons (Fsp3) is 0.400. The van der Waals surface area contributed by atoms with Crippen LogP contribution in [0.5, 0.6) is 0 Å². The van der Waals surface area contributed by atoms with Gasteiger partial charge in [-0.25, -0.2) is 0 Å². The molecular formula is C10H10F3NO3. The number of hydrogen-bond donors (Lipinski definition) is 1. The molecule has 0 aromatic heterocycles. The van der Waals surface area contributed by atoms with Gasteiger partial charge in [-0.1, -0.05) is 0 Å². The SMILES string of the molecule is CC(C)(O)c1cc([N+](=O)[O-])cc(C(F)(F)F)c1. The molecule has 0 aliphatic rings. The molecule has 17 heavy (non-hydrogen) atoms. The van der Waals surface area contributed by atoms with Crippen LogP contribution in [-0.4, -0.2) is 10.0 Å². The second-order valence-corrected chi connectivity index (χ2v) is 4.08. The van der Waals surface area contributed by atoms with Gasteiger partial charge in [0.25, 0.3) is 5.69 Å². The van der Waals surface area contributed by atoms with Gasteiger partial charge in [0.15, 0.2) is 0 Å². The van der Waals surface area contributed by atoms with E-state index in [2.05, 4.69) is 0 Å². The standard InChI is InChI=1S/C10H10F3NO3/c1-9(2,15)6-3-7(10(11,12)13)5-8(4-6)14(16)17/h3-5,15H,1-2H3. The average Bonchev–Trinajstić information content (AvgIpc) is 2.14. The lowest BCUT2D eigenvalue weighted by atomic mass is 9.95. The van der Waals surface area contributed by atoms with Crippen molar-refractivity contribution in [3.63, 3.8) is 0 Å². The fourth-order valence-corrected chi connectivity index (χ4v) is 1.23. The predicted octanol–water partition coefficient (Wildman–Crippen LogP) is 2.84. The van der Waals surface area contributed by atoms with Gasteiger partial charge in [0.05, 0.1) is 16.1 Å². The number of halogens is 3. The molecule has 1 aromatic carbocycles. The molecule has 0 saturated carbocycles. The van der Waals surface area contributed by atoms with Gasteiger partial charge in [-0.3, -0.25) is 10.1 Å². The normalized spacial score (nSPS) is 12.6. The molecule has 0 bridgehead atoms. The highest BCUT2D eigenvalue weighted by Crippen LogP contribution is 2.35. The van der Waals surface area contributed by atoms with E-state index in [-0.39, 0.29) is 5.56 Å². The summed E-state index contributed by atoms with van der Waals surface area (Å²) in [6.45, 7) is 2.51. The summed E-state index contributed by atoms with van der Waals surface area (Å²) in [5, 5.41) is 20.1. The summed E-state index contributed by atoms with van der Waals surface area (Å²) in [6, 6.07) is 2.07. The maximum atomic E-state index is 12.5. The van der Waals surface area contributed by atoms with E-state index < -0.39 is 28.0 Å². The van der Waals surface area contributed by atoms with Crippen molar-refractivity contribution in [3.05, 3.63) is 39.4 Å². The number of nitro groups is 1. The zero-order chi connectivity index (χ0) is 13.4. The molecule has 0 atom stereocenters. The first-order chi connectivity index (χ1) is 7.51. The maximum absolute atomic E-state index is 12.5. The Morgan fingerprint density at radius 3 is 2.00 bits per heavy atom. The topological polar surface area (TPSA) is 63.4 Å². The van der Waals surface area contributed by atoms with Crippen molar-refractivity contribution in [2.75, 3.05) is 0 Å². The van der Waals surface area contributed by atoms with Crippen molar-refractivity contribution >= 4 is 5.69 Å². The molecule has 0 unspecified atom stereocenters. The molecule has 0 saturated heterocycles. The van der Waals surface area contributed by atoms with Crippen LogP contribution in [0.4, 0.5) is 18.9 Å². The minimum atomic E-state index is -4.69. The zero-order valence-corrected chi connectivity index (χ0v) is 9.08. The van der Waals surface area contributed by atoms with Gasteiger partial charge >= 0.3 is 6.18 Å². The van der Waals surface area contributed by atoms with Crippen LogP contribution < -0.4 is 0 Å². The summed E-state index contributed by atoms with van der Waals surface area (Å²) < 4.78 is 37.5. The summed E-state index contributed by atoms with van der Waals surface area (Å²) in [5.74, 6) is 0. The van der Waals surface area contributed by atoms with Gasteiger partial charge in [-0.2, -0.15) is 13.2 Å². The lowest BCUT2D eigenvalue weighted by Crippen LogP contribution is -2.17. The van der Waals surface area contributed by atoms with Crippen molar-refractivity contribution in [2.24, 2.45) is 0 Å². The molecule has 0 aliphatic carbocycles. The first kappa shape index (κ1) is 13.4. The first-order valence-corrected chi connectivity index (χ1v) is 4.61. The van der Waals surface area contributed by atoms with E-state index in [0.717, 1.165) is 6.07 Å². The molecular weight excluding hydrogens is 239 g/mol. The lowest BCUT2D eigenvalue weighted by molar-refractivity contribution is -0.385. The Balaban J connectivity index is 3.45. The summed E-state index contributed by atoms with van der Waals surface area (Å²) >= 11 is 0. The molecule has 1 N–H and O–H groups in total. The molecule has 1 aromatic rings. The highest BCUT2D eigenvalue weighted by molar-refractivity contribution is 5.42. The van der Waals surface area contributed by atoms with Crippen LogP contribution in [0.15, 0.2) is 18.2 Å². The molecule has 0 radical (unpaired) electrons. The van der Waals surface area contributed by atoms with Crippen molar-refractivity contribution in [3.8, 4) is 0 Å². The zero-order valence-electron chi connectivity index (χ0n) is 9.08. The number of non-ortho nitro benzene ring substituents is 1. The van der Waals surface area contributed by atoms with Gasteiger partial charge in [0, 0.05) is 12.1 Å². The lowest BCUT2D eigenvalue weighted by Gasteiger charge is -2.19. The second kappa shape index (κ2) is 3.99. The van der Waals surface area contributed by atoms with Crippen LogP contribution in [-0.2, 0) is 11.8 Å². The fourth-order valence-electron chi connectivity index (χ4n) is 1.23. The van der Waals surface area contributed by atoms with E-state index in [1.165, 1.54) is 13.8 Å². The van der Waals surface area contributed by atoms with Gasteiger partial charge in [0.1, 0.15) is 0 Å². The van der Waals surface area contributed by atoms with E-state index in [0.29, 0.717) is 12.1 Å². The first-order valence-electron chi connectivity index (χ1n) is 4.61. The van der Waals surface area contributed by atoms with Crippen molar-refractivity contribution in [1.82, 2.24) is 0 Å². The van der Waals surface area contributed by atoms with E-state index >= 15 is 0 Å². The molecule has 0 aliphatic heterocycles. The van der Waals surface area contributed by atoms with Gasteiger partial charge in [0.2, 0.25) is 0 Å². The predicted molar refractivity (Wildman–Crippen MR) is 53.3 cm³/mol. The van der Waals surface area contributed by atoms with Crippen LogP contribution in [0.2, 0.25) is 0 Å². The smallest absolute Gasteiger partial charge is 0.386 e. The number of aliphatic hydroxyl groups is 1. The highest BCUT2D eigenvalue weighted by atomic mass is 19.4. The Morgan fingerprint density at radius 1 is 1.18 bits per heavy atom. The van der Waals surface area contributed by atoms with Crippen LogP contribution in [0.25, 0.3) is 0 Å². The number of hydrogen-bond acceptors (Lipinski definition) is 3. The Labute approximate surface area is 94.8 Å². The third-order valence-electron chi connectivity index (χ3n) is 2.16. The van der Waals surface area contributed by atoms with Crippen LogP contribution >= 0.6 is 0 Å². The third-order valence-corrected chi connectivity index (χ3v) is 2.16. The van der Waals surface area contributed by atoms with E-state index in [4.69, 9.17) is 0 Å². The Hall–Kier alpha value is -1.63. The van der Waals surface area contributed by atoms with Gasteiger partial charge < -0.3 is 5.11 Å². The average molecular weight is 249 g/mol. The Morgan fingerprint density at radius 2 is 1.65 bits per heavy atom. The number of rotatable bonds is 2. The minimum absolute atomic E-state index is 0.154. The van der Waals surface area contributed by atoms with Gasteiger partial charge in [-0.15, -0.1) is 0 Å².